The summed E-state index contributed by atoms with van der Waals surface area (Å²) in [6, 6.07) is 18.8. The lowest BCUT2D eigenvalue weighted by atomic mass is 9.95. The van der Waals surface area contributed by atoms with E-state index in [4.69, 9.17) is 4.18 Å². The van der Waals surface area contributed by atoms with Crippen molar-refractivity contribution in [1.82, 2.24) is 5.32 Å². The van der Waals surface area contributed by atoms with Gasteiger partial charge in [-0.3, -0.25) is 10.1 Å². The van der Waals surface area contributed by atoms with Gasteiger partial charge in [-0.25, -0.2) is 0 Å². The predicted molar refractivity (Wildman–Crippen MR) is 122 cm³/mol. The van der Waals surface area contributed by atoms with Crippen molar-refractivity contribution in [3.63, 3.8) is 0 Å². The van der Waals surface area contributed by atoms with Crippen LogP contribution in [0.25, 0.3) is 0 Å². The van der Waals surface area contributed by atoms with E-state index in [2.05, 4.69) is 36.4 Å². The third-order valence-electron chi connectivity index (χ3n) is 4.09. The first-order valence-corrected chi connectivity index (χ1v) is 13.9. The third kappa shape index (κ3) is 8.46. The van der Waals surface area contributed by atoms with Crippen molar-refractivity contribution in [2.24, 2.45) is 5.92 Å². The summed E-state index contributed by atoms with van der Waals surface area (Å²) >= 11 is 1.00. The second kappa shape index (κ2) is 11.2. The molecule has 0 saturated carbocycles. The Bertz CT molecular complexity index is 826. The Kier molecular flexibility index (Phi) is 8.99. The van der Waals surface area contributed by atoms with Crippen molar-refractivity contribution in [3.8, 4) is 11.5 Å². The summed E-state index contributed by atoms with van der Waals surface area (Å²) < 4.78 is 5.44. The van der Waals surface area contributed by atoms with E-state index < -0.39 is 32.1 Å². The normalized spacial score (nSPS) is 14.2. The molecule has 6 heteroatoms. The van der Waals surface area contributed by atoms with Crippen molar-refractivity contribution >= 4 is 26.1 Å². The molecule has 2 rings (SSSR count). The van der Waals surface area contributed by atoms with Gasteiger partial charge < -0.3 is 9.29 Å². The van der Waals surface area contributed by atoms with Crippen molar-refractivity contribution in [2.45, 2.75) is 50.2 Å². The molecular formula is C23H29NO3SSi. The smallest absolute Gasteiger partial charge is 0.326 e. The quantitative estimate of drug-likeness (QED) is 0.374. The fraction of sp³-hybridized carbons (Fsp3) is 0.348. The summed E-state index contributed by atoms with van der Waals surface area (Å²) in [6.45, 7) is 8.60. The van der Waals surface area contributed by atoms with Gasteiger partial charge in [-0.2, -0.15) is 0 Å². The second-order valence-electron chi connectivity index (χ2n) is 7.93. The minimum atomic E-state index is -1.65. The Labute approximate surface area is 179 Å². The lowest BCUT2D eigenvalue weighted by molar-refractivity contribution is -0.141. The van der Waals surface area contributed by atoms with Gasteiger partial charge in [0.05, 0.1) is 24.2 Å². The number of carbonyl (C=O) groups is 1. The van der Waals surface area contributed by atoms with Crippen LogP contribution >= 0.6 is 12.0 Å². The molecule has 3 atom stereocenters. The third-order valence-corrected chi connectivity index (χ3v) is 5.69. The van der Waals surface area contributed by atoms with Crippen LogP contribution in [0.1, 0.15) is 12.5 Å². The minimum Gasteiger partial charge on any atom is -0.392 e. The molecule has 0 aromatic heterocycles. The summed E-state index contributed by atoms with van der Waals surface area (Å²) in [7, 11) is -1.65. The molecule has 2 N–H and O–H groups in total. The fourth-order valence-electron chi connectivity index (χ4n) is 2.62. The summed E-state index contributed by atoms with van der Waals surface area (Å²) in [5.74, 6) is 1.95. The van der Waals surface area contributed by atoms with Crippen LogP contribution in [0.2, 0.25) is 19.6 Å². The summed E-state index contributed by atoms with van der Waals surface area (Å²) in [6.07, 6.45) is -0.900. The highest BCUT2D eigenvalue weighted by atomic mass is 32.2. The molecule has 0 saturated heterocycles. The topological polar surface area (TPSA) is 58.6 Å². The van der Waals surface area contributed by atoms with Gasteiger partial charge in [0.25, 0.3) is 0 Å². The van der Waals surface area contributed by atoms with Gasteiger partial charge in [0.2, 0.25) is 0 Å². The zero-order valence-electron chi connectivity index (χ0n) is 17.4. The molecule has 0 spiro atoms. The zero-order valence-corrected chi connectivity index (χ0v) is 19.2. The Morgan fingerprint density at radius 2 is 1.69 bits per heavy atom. The van der Waals surface area contributed by atoms with Crippen LogP contribution in [0, 0.1) is 17.4 Å². The van der Waals surface area contributed by atoms with E-state index in [9.17, 15) is 9.90 Å². The Morgan fingerprint density at radius 1 is 1.10 bits per heavy atom. The number of nitrogens with one attached hydrogen (secondary N) is 1. The number of aliphatic hydroxyl groups excluding tert-OH is 1. The zero-order chi connectivity index (χ0) is 21.3. The Hall–Kier alpha value is -2.04. The van der Waals surface area contributed by atoms with Gasteiger partial charge in [0, 0.05) is 11.4 Å². The lowest BCUT2D eigenvalue weighted by Gasteiger charge is -2.25. The van der Waals surface area contributed by atoms with Crippen LogP contribution in [-0.4, -0.2) is 31.3 Å². The van der Waals surface area contributed by atoms with Crippen molar-refractivity contribution in [2.75, 3.05) is 0 Å². The maximum absolute atomic E-state index is 12.8. The van der Waals surface area contributed by atoms with Crippen LogP contribution in [0.4, 0.5) is 0 Å². The van der Waals surface area contributed by atoms with Gasteiger partial charge in [-0.1, -0.05) is 74.1 Å². The molecule has 3 unspecified atom stereocenters. The lowest BCUT2D eigenvalue weighted by Crippen LogP contribution is -2.45. The number of carbonyl (C=O) groups excluding carboxylic acids is 1. The molecular weight excluding hydrogens is 398 g/mol. The van der Waals surface area contributed by atoms with E-state index in [-0.39, 0.29) is 0 Å². The standard InChI is InChI=1S/C23H29NO3SSi/c1-18(25)22(23(26)27-28-20-13-9-6-10-14-20)21(15-16-29(2,3)4)24-17-19-11-7-5-8-12-19/h5-14,18,21-22,24-25H,17H2,1-4H3. The first-order chi connectivity index (χ1) is 13.8. The Morgan fingerprint density at radius 3 is 2.24 bits per heavy atom. The largest absolute Gasteiger partial charge is 0.392 e. The average Bonchev–Trinajstić information content (AvgIpc) is 2.69. The van der Waals surface area contributed by atoms with Crippen LogP contribution < -0.4 is 5.32 Å². The predicted octanol–water partition coefficient (Wildman–Crippen LogP) is 4.27. The van der Waals surface area contributed by atoms with Gasteiger partial charge in [0.1, 0.15) is 14.0 Å². The van der Waals surface area contributed by atoms with Gasteiger partial charge in [-0.15, -0.1) is 5.54 Å². The van der Waals surface area contributed by atoms with Crippen LogP contribution in [0.3, 0.4) is 0 Å². The number of rotatable bonds is 8. The molecule has 0 heterocycles. The minimum absolute atomic E-state index is 0.482. The fourth-order valence-corrected chi connectivity index (χ4v) is 3.76. The van der Waals surface area contributed by atoms with Crippen LogP contribution in [0.5, 0.6) is 0 Å². The van der Waals surface area contributed by atoms with Crippen molar-refractivity contribution in [1.29, 1.82) is 0 Å². The maximum Gasteiger partial charge on any atom is 0.326 e. The molecule has 4 nitrogen and oxygen atoms in total. The molecule has 0 aliphatic carbocycles. The first-order valence-electron chi connectivity index (χ1n) is 9.68. The van der Waals surface area contributed by atoms with E-state index in [0.29, 0.717) is 6.54 Å². The summed E-state index contributed by atoms with van der Waals surface area (Å²) in [4.78, 5) is 13.7. The highest BCUT2D eigenvalue weighted by Crippen LogP contribution is 2.23. The van der Waals surface area contributed by atoms with E-state index in [1.807, 2.05) is 60.7 Å². The molecule has 0 radical (unpaired) electrons. The molecule has 0 aliphatic heterocycles. The first kappa shape index (κ1) is 23.2. The van der Waals surface area contributed by atoms with E-state index in [0.717, 1.165) is 22.5 Å². The highest BCUT2D eigenvalue weighted by Gasteiger charge is 2.33. The van der Waals surface area contributed by atoms with Crippen LogP contribution in [-0.2, 0) is 15.5 Å². The maximum atomic E-state index is 12.8. The number of benzene rings is 2. The number of hydrogen-bond acceptors (Lipinski definition) is 5. The highest BCUT2D eigenvalue weighted by molar-refractivity contribution is 7.95. The van der Waals surface area contributed by atoms with Gasteiger partial charge in [-0.05, 0) is 24.6 Å². The molecule has 0 fully saturated rings. The monoisotopic (exact) mass is 427 g/mol. The molecule has 2 aromatic rings. The van der Waals surface area contributed by atoms with E-state index >= 15 is 0 Å². The molecule has 29 heavy (non-hydrogen) atoms. The van der Waals surface area contributed by atoms with Crippen LogP contribution in [0.15, 0.2) is 65.6 Å². The summed E-state index contributed by atoms with van der Waals surface area (Å²) in [5, 5.41) is 13.7. The number of aliphatic hydroxyl groups is 1. The molecule has 0 amide bonds. The molecule has 154 valence electrons. The number of hydrogen-bond donors (Lipinski definition) is 2. The molecule has 0 bridgehead atoms. The van der Waals surface area contributed by atoms with Gasteiger partial charge >= 0.3 is 5.97 Å². The van der Waals surface area contributed by atoms with Crippen molar-refractivity contribution in [3.05, 3.63) is 66.2 Å². The second-order valence-corrected chi connectivity index (χ2v) is 13.5. The Balaban J connectivity index is 2.17. The molecule has 0 aliphatic rings. The van der Waals surface area contributed by atoms with Gasteiger partial charge in [0.15, 0.2) is 0 Å². The summed E-state index contributed by atoms with van der Waals surface area (Å²) in [5.41, 5.74) is 4.41. The SMILES string of the molecule is CC(O)C(C(=O)OSc1ccccc1)C(C#C[Si](C)(C)C)NCc1ccccc1. The van der Waals surface area contributed by atoms with E-state index in [1.54, 1.807) is 6.92 Å². The van der Waals surface area contributed by atoms with E-state index in [1.165, 1.54) is 0 Å². The average molecular weight is 428 g/mol. The molecule has 2 aromatic carbocycles. The van der Waals surface area contributed by atoms with Crippen molar-refractivity contribution < 1.29 is 14.1 Å².